The van der Waals surface area contributed by atoms with Crippen LogP contribution < -0.4 is 0 Å². The molecular weight excluding hydrogens is 198 g/mol. The Kier molecular flexibility index (Phi) is 2.82. The number of carbonyl (C=O) groups excluding carboxylic acids is 1. The fraction of sp³-hybridized carbons (Fsp3) is 0.143. The van der Waals surface area contributed by atoms with Gasteiger partial charge in [-0.3, -0.25) is 9.78 Å². The van der Waals surface area contributed by atoms with Crippen molar-refractivity contribution >= 4 is 6.29 Å². The molecule has 0 aliphatic rings. The zero-order chi connectivity index (χ0) is 11.5. The lowest BCUT2D eigenvalue weighted by atomic mass is 9.98. The molecule has 2 rings (SSSR count). The SMILES string of the molecule is Cc1ccccc1-c1cc(C=O)cnc1C. The summed E-state index contributed by atoms with van der Waals surface area (Å²) in [4.78, 5) is 15.0. The fourth-order valence-electron chi connectivity index (χ4n) is 1.76. The van der Waals surface area contributed by atoms with Gasteiger partial charge in [-0.25, -0.2) is 0 Å². The molecule has 1 aromatic carbocycles. The van der Waals surface area contributed by atoms with E-state index in [1.54, 1.807) is 6.20 Å². The Hall–Kier alpha value is -1.96. The second-order valence-electron chi connectivity index (χ2n) is 3.83. The number of rotatable bonds is 2. The molecule has 0 bridgehead atoms. The number of hydrogen-bond donors (Lipinski definition) is 0. The van der Waals surface area contributed by atoms with Gasteiger partial charge < -0.3 is 0 Å². The van der Waals surface area contributed by atoms with Crippen LogP contribution in [0.2, 0.25) is 0 Å². The largest absolute Gasteiger partial charge is 0.298 e. The van der Waals surface area contributed by atoms with Crippen molar-refractivity contribution in [2.75, 3.05) is 0 Å². The van der Waals surface area contributed by atoms with Crippen molar-refractivity contribution in [1.82, 2.24) is 4.98 Å². The molecule has 0 saturated carbocycles. The molecule has 0 spiro atoms. The monoisotopic (exact) mass is 211 g/mol. The predicted molar refractivity (Wildman–Crippen MR) is 64.5 cm³/mol. The van der Waals surface area contributed by atoms with Crippen LogP contribution in [0.4, 0.5) is 0 Å². The highest BCUT2D eigenvalue weighted by atomic mass is 16.1. The number of aldehydes is 1. The Bertz CT molecular complexity index is 532. The molecule has 2 nitrogen and oxygen atoms in total. The Morgan fingerprint density at radius 1 is 1.12 bits per heavy atom. The lowest BCUT2D eigenvalue weighted by Crippen LogP contribution is -1.92. The summed E-state index contributed by atoms with van der Waals surface area (Å²) in [5.74, 6) is 0. The quantitative estimate of drug-likeness (QED) is 0.714. The standard InChI is InChI=1S/C14H13NO/c1-10-5-3-4-6-13(10)14-7-12(9-16)8-15-11(14)2/h3-9H,1-2H3. The van der Waals surface area contributed by atoms with Gasteiger partial charge in [0.2, 0.25) is 0 Å². The topological polar surface area (TPSA) is 30.0 Å². The lowest BCUT2D eigenvalue weighted by molar-refractivity contribution is 0.112. The molecule has 0 unspecified atom stereocenters. The second kappa shape index (κ2) is 4.27. The Balaban J connectivity index is 2.63. The van der Waals surface area contributed by atoms with Gasteiger partial charge in [-0.1, -0.05) is 24.3 Å². The summed E-state index contributed by atoms with van der Waals surface area (Å²) in [7, 11) is 0. The maximum Gasteiger partial charge on any atom is 0.151 e. The average molecular weight is 211 g/mol. The molecule has 0 N–H and O–H groups in total. The first kappa shape index (κ1) is 10.6. The predicted octanol–water partition coefficient (Wildman–Crippen LogP) is 3.18. The maximum absolute atomic E-state index is 10.7. The van der Waals surface area contributed by atoms with Crippen LogP contribution in [-0.4, -0.2) is 11.3 Å². The van der Waals surface area contributed by atoms with E-state index < -0.39 is 0 Å². The highest BCUT2D eigenvalue weighted by Gasteiger charge is 2.06. The summed E-state index contributed by atoms with van der Waals surface area (Å²) in [6.45, 7) is 4.01. The van der Waals surface area contributed by atoms with E-state index in [2.05, 4.69) is 18.0 Å². The van der Waals surface area contributed by atoms with E-state index in [4.69, 9.17) is 0 Å². The molecular formula is C14H13NO. The minimum atomic E-state index is 0.615. The Labute approximate surface area is 95.0 Å². The molecule has 0 saturated heterocycles. The molecule has 0 amide bonds. The normalized spacial score (nSPS) is 10.1. The number of nitrogens with zero attached hydrogens (tertiary/aromatic N) is 1. The van der Waals surface area contributed by atoms with Gasteiger partial charge in [-0.05, 0) is 31.0 Å². The number of benzene rings is 1. The first-order valence-corrected chi connectivity index (χ1v) is 5.20. The van der Waals surface area contributed by atoms with E-state index in [0.717, 1.165) is 23.1 Å². The minimum absolute atomic E-state index is 0.615. The fourth-order valence-corrected chi connectivity index (χ4v) is 1.76. The number of aromatic nitrogens is 1. The summed E-state index contributed by atoms with van der Waals surface area (Å²) in [6, 6.07) is 9.99. The van der Waals surface area contributed by atoms with Crippen LogP contribution in [-0.2, 0) is 0 Å². The molecule has 1 aromatic heterocycles. The zero-order valence-electron chi connectivity index (χ0n) is 9.40. The van der Waals surface area contributed by atoms with Crippen molar-refractivity contribution in [3.8, 4) is 11.1 Å². The van der Waals surface area contributed by atoms with Crippen LogP contribution in [0.3, 0.4) is 0 Å². The van der Waals surface area contributed by atoms with Gasteiger partial charge >= 0.3 is 0 Å². The maximum atomic E-state index is 10.7. The third kappa shape index (κ3) is 1.87. The van der Waals surface area contributed by atoms with Crippen molar-refractivity contribution < 1.29 is 4.79 Å². The zero-order valence-corrected chi connectivity index (χ0v) is 9.40. The van der Waals surface area contributed by atoms with Crippen molar-refractivity contribution in [3.05, 3.63) is 53.3 Å². The smallest absolute Gasteiger partial charge is 0.151 e. The summed E-state index contributed by atoms with van der Waals surface area (Å²) in [5.41, 5.74) is 4.91. The number of aryl methyl sites for hydroxylation is 2. The number of pyridine rings is 1. The van der Waals surface area contributed by atoms with E-state index in [1.165, 1.54) is 5.56 Å². The summed E-state index contributed by atoms with van der Waals surface area (Å²) >= 11 is 0. The summed E-state index contributed by atoms with van der Waals surface area (Å²) in [5, 5.41) is 0. The minimum Gasteiger partial charge on any atom is -0.298 e. The van der Waals surface area contributed by atoms with Crippen LogP contribution in [0, 0.1) is 13.8 Å². The second-order valence-corrected chi connectivity index (χ2v) is 3.83. The molecule has 2 aromatic rings. The van der Waals surface area contributed by atoms with Crippen LogP contribution >= 0.6 is 0 Å². The van der Waals surface area contributed by atoms with Gasteiger partial charge in [0.15, 0.2) is 6.29 Å². The van der Waals surface area contributed by atoms with E-state index in [9.17, 15) is 4.79 Å². The van der Waals surface area contributed by atoms with Crippen LogP contribution in [0.1, 0.15) is 21.6 Å². The third-order valence-corrected chi connectivity index (χ3v) is 2.68. The number of hydrogen-bond acceptors (Lipinski definition) is 2. The Morgan fingerprint density at radius 2 is 1.88 bits per heavy atom. The van der Waals surface area contributed by atoms with Crippen molar-refractivity contribution in [2.24, 2.45) is 0 Å². The highest BCUT2D eigenvalue weighted by Crippen LogP contribution is 2.25. The van der Waals surface area contributed by atoms with Crippen molar-refractivity contribution in [2.45, 2.75) is 13.8 Å². The van der Waals surface area contributed by atoms with E-state index in [1.807, 2.05) is 31.2 Å². The van der Waals surface area contributed by atoms with Gasteiger partial charge in [-0.15, -0.1) is 0 Å². The molecule has 0 aliphatic heterocycles. The van der Waals surface area contributed by atoms with E-state index in [0.29, 0.717) is 5.56 Å². The van der Waals surface area contributed by atoms with Crippen molar-refractivity contribution in [1.29, 1.82) is 0 Å². The van der Waals surface area contributed by atoms with Crippen molar-refractivity contribution in [3.63, 3.8) is 0 Å². The molecule has 0 radical (unpaired) electrons. The third-order valence-electron chi connectivity index (χ3n) is 2.68. The van der Waals surface area contributed by atoms with Crippen LogP contribution in [0.5, 0.6) is 0 Å². The first-order chi connectivity index (χ1) is 7.72. The van der Waals surface area contributed by atoms with E-state index >= 15 is 0 Å². The lowest BCUT2D eigenvalue weighted by Gasteiger charge is -2.08. The van der Waals surface area contributed by atoms with Gasteiger partial charge in [0, 0.05) is 23.0 Å². The van der Waals surface area contributed by atoms with Gasteiger partial charge in [0.05, 0.1) is 0 Å². The molecule has 0 atom stereocenters. The molecule has 0 fully saturated rings. The molecule has 0 aliphatic carbocycles. The van der Waals surface area contributed by atoms with Gasteiger partial charge in [-0.2, -0.15) is 0 Å². The Morgan fingerprint density at radius 3 is 2.56 bits per heavy atom. The summed E-state index contributed by atoms with van der Waals surface area (Å²) < 4.78 is 0. The molecule has 1 heterocycles. The van der Waals surface area contributed by atoms with E-state index in [-0.39, 0.29) is 0 Å². The van der Waals surface area contributed by atoms with Gasteiger partial charge in [0.25, 0.3) is 0 Å². The molecule has 80 valence electrons. The first-order valence-electron chi connectivity index (χ1n) is 5.20. The van der Waals surface area contributed by atoms with Crippen LogP contribution in [0.25, 0.3) is 11.1 Å². The highest BCUT2D eigenvalue weighted by molar-refractivity contribution is 5.79. The number of carbonyl (C=O) groups is 1. The molecule has 16 heavy (non-hydrogen) atoms. The van der Waals surface area contributed by atoms with Gasteiger partial charge in [0.1, 0.15) is 0 Å². The molecule has 2 heteroatoms. The van der Waals surface area contributed by atoms with Crippen LogP contribution in [0.15, 0.2) is 36.5 Å². The average Bonchev–Trinajstić information content (AvgIpc) is 2.31. The summed E-state index contributed by atoms with van der Waals surface area (Å²) in [6.07, 6.45) is 2.43.